The number of carbonyl (C=O) groups excluding carboxylic acids is 2. The molecule has 8 nitrogen and oxygen atoms in total. The number of halogens is 2. The Kier molecular flexibility index (Phi) is 14.3. The average molecular weight is 527 g/mol. The van der Waals surface area contributed by atoms with Gasteiger partial charge in [0, 0.05) is 28.8 Å². The first kappa shape index (κ1) is 29.0. The second kappa shape index (κ2) is 17.3. The number of amides is 1. The van der Waals surface area contributed by atoms with Crippen molar-refractivity contribution in [2.75, 3.05) is 38.2 Å². The Labute approximate surface area is 215 Å². The molecule has 0 saturated carbocycles. The lowest BCUT2D eigenvalue weighted by Crippen LogP contribution is -2.22. The topological polar surface area (TPSA) is 106 Å². The van der Waals surface area contributed by atoms with E-state index in [0.717, 1.165) is 37.8 Å². The first-order valence-electron chi connectivity index (χ1n) is 11.5. The zero-order valence-electron chi connectivity index (χ0n) is 19.5. The molecule has 1 atom stereocenters. The van der Waals surface area contributed by atoms with Gasteiger partial charge in [-0.25, -0.2) is 0 Å². The van der Waals surface area contributed by atoms with Crippen LogP contribution in [0.4, 0.5) is 5.69 Å². The molecular formula is C25H32Cl2N2O6. The Morgan fingerprint density at radius 1 is 0.943 bits per heavy atom. The molecule has 0 unspecified atom stereocenters. The number of anilines is 1. The fourth-order valence-corrected chi connectivity index (χ4v) is 3.82. The molecule has 0 saturated heterocycles. The summed E-state index contributed by atoms with van der Waals surface area (Å²) >= 11 is 12.2. The molecule has 0 aliphatic carbocycles. The Morgan fingerprint density at radius 3 is 2.43 bits per heavy atom. The summed E-state index contributed by atoms with van der Waals surface area (Å²) in [6, 6.07) is 10.1. The van der Waals surface area contributed by atoms with Gasteiger partial charge in [-0.15, -0.1) is 0 Å². The van der Waals surface area contributed by atoms with Crippen LogP contribution in [0, 0.1) is 0 Å². The Morgan fingerprint density at radius 2 is 1.69 bits per heavy atom. The highest BCUT2D eigenvalue weighted by Gasteiger charge is 2.11. The van der Waals surface area contributed by atoms with Crippen LogP contribution in [-0.2, 0) is 25.7 Å². The van der Waals surface area contributed by atoms with Crippen molar-refractivity contribution in [2.45, 2.75) is 38.4 Å². The van der Waals surface area contributed by atoms with Crippen LogP contribution in [0.5, 0.6) is 5.75 Å². The maximum atomic E-state index is 10.7. The molecule has 0 radical (unpaired) electrons. The van der Waals surface area contributed by atoms with Crippen LogP contribution < -0.4 is 15.4 Å². The van der Waals surface area contributed by atoms with Crippen molar-refractivity contribution in [2.24, 2.45) is 0 Å². The monoisotopic (exact) mass is 526 g/mol. The van der Waals surface area contributed by atoms with Gasteiger partial charge < -0.3 is 30.0 Å². The van der Waals surface area contributed by atoms with Gasteiger partial charge in [-0.1, -0.05) is 48.2 Å². The average Bonchev–Trinajstić information content (AvgIpc) is 2.84. The van der Waals surface area contributed by atoms with E-state index in [0.29, 0.717) is 60.7 Å². The van der Waals surface area contributed by atoms with E-state index in [1.54, 1.807) is 30.3 Å². The standard InChI is InChI=1S/C25H32Cl2N2O6/c26-21-6-5-7-22(27)20(21)16-34-13-12-33-11-4-2-1-3-10-28-15-24(32)19-8-9-25(35-18-31)23(14-19)29-17-30/h5-9,14,17-18,24,28,32H,1-4,10-13,15-16H2,(H,29,30)/t24-/m0/s1. The summed E-state index contributed by atoms with van der Waals surface area (Å²) in [4.78, 5) is 21.3. The smallest absolute Gasteiger partial charge is 0.298 e. The van der Waals surface area contributed by atoms with Crippen molar-refractivity contribution in [1.82, 2.24) is 5.32 Å². The van der Waals surface area contributed by atoms with Crippen molar-refractivity contribution in [3.63, 3.8) is 0 Å². The molecule has 35 heavy (non-hydrogen) atoms. The summed E-state index contributed by atoms with van der Waals surface area (Å²) in [5.41, 5.74) is 1.72. The number of aliphatic hydroxyl groups is 1. The first-order chi connectivity index (χ1) is 17.1. The molecule has 192 valence electrons. The zero-order chi connectivity index (χ0) is 25.3. The molecule has 0 aromatic heterocycles. The van der Waals surface area contributed by atoms with Gasteiger partial charge in [0.15, 0.2) is 5.75 Å². The van der Waals surface area contributed by atoms with E-state index in [4.69, 9.17) is 37.4 Å². The van der Waals surface area contributed by atoms with Gasteiger partial charge in [0.1, 0.15) is 0 Å². The van der Waals surface area contributed by atoms with Crippen LogP contribution in [0.15, 0.2) is 36.4 Å². The summed E-state index contributed by atoms with van der Waals surface area (Å²) in [5, 5.41) is 17.2. The van der Waals surface area contributed by atoms with E-state index in [1.807, 2.05) is 0 Å². The van der Waals surface area contributed by atoms with Crippen molar-refractivity contribution >= 4 is 41.8 Å². The first-order valence-corrected chi connectivity index (χ1v) is 12.2. The summed E-state index contributed by atoms with van der Waals surface area (Å²) in [6.07, 6.45) is 3.80. The van der Waals surface area contributed by atoms with Crippen LogP contribution in [0.1, 0.15) is 42.9 Å². The number of hydrogen-bond donors (Lipinski definition) is 3. The third-order valence-corrected chi connectivity index (χ3v) is 5.90. The molecule has 0 bridgehead atoms. The van der Waals surface area contributed by atoms with E-state index in [2.05, 4.69) is 10.6 Å². The number of ether oxygens (including phenoxy) is 3. The number of carbonyl (C=O) groups is 2. The van der Waals surface area contributed by atoms with Gasteiger partial charge in [-0.2, -0.15) is 0 Å². The molecule has 2 rings (SSSR count). The third-order valence-electron chi connectivity index (χ3n) is 5.19. The molecule has 0 aliphatic heterocycles. The number of rotatable bonds is 19. The van der Waals surface area contributed by atoms with E-state index in [9.17, 15) is 14.7 Å². The molecule has 3 N–H and O–H groups in total. The van der Waals surface area contributed by atoms with Crippen LogP contribution in [0.3, 0.4) is 0 Å². The molecular weight excluding hydrogens is 495 g/mol. The largest absolute Gasteiger partial charge is 0.427 e. The second-order valence-corrected chi connectivity index (χ2v) is 8.55. The lowest BCUT2D eigenvalue weighted by molar-refractivity contribution is -0.120. The number of hydrogen-bond acceptors (Lipinski definition) is 7. The van der Waals surface area contributed by atoms with Crippen LogP contribution in [0.25, 0.3) is 0 Å². The molecule has 10 heteroatoms. The van der Waals surface area contributed by atoms with E-state index in [-0.39, 0.29) is 12.2 Å². The van der Waals surface area contributed by atoms with E-state index in [1.165, 1.54) is 6.07 Å². The lowest BCUT2D eigenvalue weighted by atomic mass is 10.1. The number of aliphatic hydroxyl groups excluding tert-OH is 1. The molecule has 1 amide bonds. The van der Waals surface area contributed by atoms with E-state index >= 15 is 0 Å². The van der Waals surface area contributed by atoms with Crippen LogP contribution in [0.2, 0.25) is 10.0 Å². The van der Waals surface area contributed by atoms with Crippen LogP contribution >= 0.6 is 23.2 Å². The van der Waals surface area contributed by atoms with Gasteiger partial charge >= 0.3 is 0 Å². The van der Waals surface area contributed by atoms with Gasteiger partial charge in [0.25, 0.3) is 6.47 Å². The minimum absolute atomic E-state index is 0.217. The fourth-order valence-electron chi connectivity index (χ4n) is 3.31. The molecule has 2 aromatic rings. The molecule has 0 aliphatic rings. The van der Waals surface area contributed by atoms with E-state index < -0.39 is 6.10 Å². The van der Waals surface area contributed by atoms with Gasteiger partial charge in [0.2, 0.25) is 6.41 Å². The molecule has 0 spiro atoms. The van der Waals surface area contributed by atoms with Gasteiger partial charge in [-0.3, -0.25) is 9.59 Å². The fraction of sp³-hybridized carbons (Fsp3) is 0.440. The second-order valence-electron chi connectivity index (χ2n) is 7.73. The van der Waals surface area contributed by atoms with Crippen molar-refractivity contribution < 1.29 is 28.9 Å². The van der Waals surface area contributed by atoms with Crippen molar-refractivity contribution in [1.29, 1.82) is 0 Å². The quantitative estimate of drug-likeness (QED) is 0.182. The normalized spacial score (nSPS) is 11.7. The van der Waals surface area contributed by atoms with Gasteiger partial charge in [0.05, 0.1) is 31.6 Å². The van der Waals surface area contributed by atoms with Crippen LogP contribution in [-0.4, -0.2) is 50.9 Å². The minimum Gasteiger partial charge on any atom is -0.427 e. The summed E-state index contributed by atoms with van der Waals surface area (Å²) < 4.78 is 16.0. The molecule has 0 fully saturated rings. The number of unbranched alkanes of at least 4 members (excludes halogenated alkanes) is 3. The lowest BCUT2D eigenvalue weighted by Gasteiger charge is -2.15. The number of nitrogens with one attached hydrogen (secondary N) is 2. The Bertz CT molecular complexity index is 895. The maximum Gasteiger partial charge on any atom is 0.298 e. The Balaban J connectivity index is 1.47. The molecule has 2 aromatic carbocycles. The predicted octanol–water partition coefficient (Wildman–Crippen LogP) is 4.51. The highest BCUT2D eigenvalue weighted by atomic mass is 35.5. The highest BCUT2D eigenvalue weighted by molar-refractivity contribution is 6.35. The third kappa shape index (κ3) is 10.9. The zero-order valence-corrected chi connectivity index (χ0v) is 21.0. The SMILES string of the molecule is O=CNc1cc([C@@H](O)CNCCCCCCOCCOCc2c(Cl)cccc2Cl)ccc1OC=O. The number of benzene rings is 2. The summed E-state index contributed by atoms with van der Waals surface area (Å²) in [7, 11) is 0. The summed E-state index contributed by atoms with van der Waals surface area (Å²) in [5.74, 6) is 0.217. The molecule has 0 heterocycles. The Hall–Kier alpha value is -2.20. The minimum atomic E-state index is -0.753. The maximum absolute atomic E-state index is 10.7. The van der Waals surface area contributed by atoms with Gasteiger partial charge in [-0.05, 0) is 49.2 Å². The van der Waals surface area contributed by atoms with Crippen molar-refractivity contribution in [3.8, 4) is 5.75 Å². The highest BCUT2D eigenvalue weighted by Crippen LogP contribution is 2.28. The van der Waals surface area contributed by atoms with Crippen molar-refractivity contribution in [3.05, 3.63) is 57.6 Å². The summed E-state index contributed by atoms with van der Waals surface area (Å²) in [6.45, 7) is 3.48. The predicted molar refractivity (Wildman–Crippen MR) is 136 cm³/mol.